The largest absolute Gasteiger partial charge is 0.349 e. The normalized spacial score (nSPS) is 15.6. The van der Waals surface area contributed by atoms with Crippen molar-refractivity contribution in [3.63, 3.8) is 0 Å². The Kier molecular flexibility index (Phi) is 3.60. The molecule has 0 aromatic heterocycles. The lowest BCUT2D eigenvalue weighted by Gasteiger charge is -2.12. The van der Waals surface area contributed by atoms with Gasteiger partial charge in [0.1, 0.15) is 5.56 Å². The molecule has 0 radical (unpaired) electrons. The van der Waals surface area contributed by atoms with E-state index in [4.69, 9.17) is 0 Å². The maximum Gasteiger partial charge on any atom is 0.282 e. The van der Waals surface area contributed by atoms with Crippen LogP contribution in [0.15, 0.2) is 18.2 Å². The summed E-state index contributed by atoms with van der Waals surface area (Å²) in [6, 6.07) is 4.77. The summed E-state index contributed by atoms with van der Waals surface area (Å²) >= 11 is 0. The van der Waals surface area contributed by atoms with E-state index in [1.807, 2.05) is 6.92 Å². The minimum atomic E-state index is -0.511. The molecule has 5 heteroatoms. The number of hydrogen-bond acceptors (Lipinski definition) is 3. The van der Waals surface area contributed by atoms with Crippen LogP contribution in [-0.4, -0.2) is 16.9 Å². The van der Waals surface area contributed by atoms with Crippen molar-refractivity contribution in [2.24, 2.45) is 0 Å². The lowest BCUT2D eigenvalue weighted by molar-refractivity contribution is -0.385. The molecule has 1 amide bonds. The van der Waals surface area contributed by atoms with Gasteiger partial charge in [0, 0.05) is 12.1 Å². The molecule has 1 saturated carbocycles. The van der Waals surface area contributed by atoms with Crippen LogP contribution in [0.3, 0.4) is 0 Å². The molecule has 2 rings (SSSR count). The Balaban J connectivity index is 2.22. The van der Waals surface area contributed by atoms with Crippen molar-refractivity contribution in [1.29, 1.82) is 0 Å². The molecule has 0 spiro atoms. The predicted molar refractivity (Wildman–Crippen MR) is 67.6 cm³/mol. The van der Waals surface area contributed by atoms with Gasteiger partial charge < -0.3 is 5.32 Å². The number of carbonyl (C=O) groups excluding carboxylic acids is 1. The molecule has 1 fully saturated rings. The Morgan fingerprint density at radius 3 is 2.67 bits per heavy atom. The smallest absolute Gasteiger partial charge is 0.282 e. The number of nitrogens with zero attached hydrogens (tertiary/aromatic N) is 1. The highest BCUT2D eigenvalue weighted by atomic mass is 16.6. The molecule has 1 aliphatic carbocycles. The summed E-state index contributed by atoms with van der Waals surface area (Å²) in [6.07, 6.45) is 4.15. The zero-order valence-corrected chi connectivity index (χ0v) is 10.3. The Hall–Kier alpha value is -1.91. The highest BCUT2D eigenvalue weighted by molar-refractivity contribution is 5.98. The number of aryl methyl sites for hydroxylation is 1. The van der Waals surface area contributed by atoms with Gasteiger partial charge in [0.2, 0.25) is 0 Å². The third-order valence-electron chi connectivity index (χ3n) is 3.28. The highest BCUT2D eigenvalue weighted by Crippen LogP contribution is 2.22. The molecule has 5 nitrogen and oxygen atoms in total. The van der Waals surface area contributed by atoms with Crippen LogP contribution >= 0.6 is 0 Å². The Bertz CT molecular complexity index is 479. The van der Waals surface area contributed by atoms with Gasteiger partial charge in [0.25, 0.3) is 11.6 Å². The van der Waals surface area contributed by atoms with Crippen molar-refractivity contribution in [1.82, 2.24) is 5.32 Å². The molecule has 1 aromatic carbocycles. The standard InChI is InChI=1S/C13H16N2O3/c1-9-6-7-12(15(17)18)11(8-9)13(16)14-10-4-2-3-5-10/h6-8,10H,2-5H2,1H3,(H,14,16). The van der Waals surface area contributed by atoms with E-state index >= 15 is 0 Å². The highest BCUT2D eigenvalue weighted by Gasteiger charge is 2.23. The molecule has 0 bridgehead atoms. The van der Waals surface area contributed by atoms with Crippen LogP contribution in [-0.2, 0) is 0 Å². The van der Waals surface area contributed by atoms with Crippen molar-refractivity contribution < 1.29 is 9.72 Å². The van der Waals surface area contributed by atoms with Crippen molar-refractivity contribution >= 4 is 11.6 Å². The van der Waals surface area contributed by atoms with E-state index in [1.54, 1.807) is 12.1 Å². The topological polar surface area (TPSA) is 72.2 Å². The van der Waals surface area contributed by atoms with E-state index in [0.717, 1.165) is 31.2 Å². The van der Waals surface area contributed by atoms with E-state index in [1.165, 1.54) is 6.07 Å². The Morgan fingerprint density at radius 1 is 1.39 bits per heavy atom. The van der Waals surface area contributed by atoms with Gasteiger partial charge in [-0.25, -0.2) is 0 Å². The molecule has 96 valence electrons. The van der Waals surface area contributed by atoms with Crippen LogP contribution < -0.4 is 5.32 Å². The summed E-state index contributed by atoms with van der Waals surface area (Å²) in [5, 5.41) is 13.8. The Labute approximate surface area is 105 Å². The van der Waals surface area contributed by atoms with Gasteiger partial charge in [-0.2, -0.15) is 0 Å². The van der Waals surface area contributed by atoms with Gasteiger partial charge in [-0.05, 0) is 31.4 Å². The molecule has 1 N–H and O–H groups in total. The third kappa shape index (κ3) is 2.67. The lowest BCUT2D eigenvalue weighted by Crippen LogP contribution is -2.33. The second-order valence-corrected chi connectivity index (χ2v) is 4.73. The van der Waals surface area contributed by atoms with Gasteiger partial charge in [-0.3, -0.25) is 14.9 Å². The van der Waals surface area contributed by atoms with Crippen LogP contribution in [0.2, 0.25) is 0 Å². The number of nitro groups is 1. The van der Waals surface area contributed by atoms with Crippen molar-refractivity contribution in [2.45, 2.75) is 38.6 Å². The number of benzene rings is 1. The van der Waals surface area contributed by atoms with E-state index in [0.29, 0.717) is 0 Å². The average Bonchev–Trinajstić information content (AvgIpc) is 2.81. The quantitative estimate of drug-likeness (QED) is 0.660. The maximum absolute atomic E-state index is 12.1. The second-order valence-electron chi connectivity index (χ2n) is 4.73. The number of carbonyl (C=O) groups is 1. The first kappa shape index (κ1) is 12.5. The molecule has 0 saturated heterocycles. The summed E-state index contributed by atoms with van der Waals surface area (Å²) < 4.78 is 0. The van der Waals surface area contributed by atoms with E-state index < -0.39 is 4.92 Å². The van der Waals surface area contributed by atoms with Crippen LogP contribution in [0.25, 0.3) is 0 Å². The number of nitrogens with one attached hydrogen (secondary N) is 1. The van der Waals surface area contributed by atoms with Gasteiger partial charge in [-0.1, -0.05) is 18.9 Å². The summed E-state index contributed by atoms with van der Waals surface area (Å²) in [7, 11) is 0. The fourth-order valence-electron chi connectivity index (χ4n) is 2.32. The number of nitro benzene ring substituents is 1. The molecule has 0 unspecified atom stereocenters. The number of hydrogen-bond donors (Lipinski definition) is 1. The van der Waals surface area contributed by atoms with Gasteiger partial charge in [0.05, 0.1) is 4.92 Å². The maximum atomic E-state index is 12.1. The molecule has 1 aromatic rings. The first-order valence-electron chi connectivity index (χ1n) is 6.14. The number of amides is 1. The Morgan fingerprint density at radius 2 is 2.06 bits per heavy atom. The van der Waals surface area contributed by atoms with Crippen LogP contribution in [0.5, 0.6) is 0 Å². The molecule has 0 aliphatic heterocycles. The lowest BCUT2D eigenvalue weighted by atomic mass is 10.1. The molecule has 0 atom stereocenters. The second kappa shape index (κ2) is 5.16. The molecular formula is C13H16N2O3. The van der Waals surface area contributed by atoms with Crippen molar-refractivity contribution in [3.05, 3.63) is 39.4 Å². The molecule has 0 heterocycles. The van der Waals surface area contributed by atoms with E-state index in [2.05, 4.69) is 5.32 Å². The SMILES string of the molecule is Cc1ccc([N+](=O)[O-])c(C(=O)NC2CCCC2)c1. The molecular weight excluding hydrogens is 232 g/mol. The molecule has 18 heavy (non-hydrogen) atoms. The number of rotatable bonds is 3. The fourth-order valence-corrected chi connectivity index (χ4v) is 2.32. The molecule has 1 aliphatic rings. The van der Waals surface area contributed by atoms with E-state index in [9.17, 15) is 14.9 Å². The van der Waals surface area contributed by atoms with Gasteiger partial charge in [-0.15, -0.1) is 0 Å². The van der Waals surface area contributed by atoms with Crippen molar-refractivity contribution in [3.8, 4) is 0 Å². The average molecular weight is 248 g/mol. The van der Waals surface area contributed by atoms with Crippen LogP contribution in [0, 0.1) is 17.0 Å². The first-order chi connectivity index (χ1) is 8.58. The van der Waals surface area contributed by atoms with Gasteiger partial charge >= 0.3 is 0 Å². The minimum absolute atomic E-state index is 0.129. The van der Waals surface area contributed by atoms with Gasteiger partial charge in [0.15, 0.2) is 0 Å². The van der Waals surface area contributed by atoms with E-state index in [-0.39, 0.29) is 23.2 Å². The summed E-state index contributed by atoms with van der Waals surface area (Å²) in [6.45, 7) is 1.82. The summed E-state index contributed by atoms with van der Waals surface area (Å²) in [5.74, 6) is -0.336. The summed E-state index contributed by atoms with van der Waals surface area (Å²) in [4.78, 5) is 22.5. The fraction of sp³-hybridized carbons (Fsp3) is 0.462. The first-order valence-corrected chi connectivity index (χ1v) is 6.14. The monoisotopic (exact) mass is 248 g/mol. The summed E-state index contributed by atoms with van der Waals surface area (Å²) in [5.41, 5.74) is 0.875. The predicted octanol–water partition coefficient (Wildman–Crippen LogP) is 2.58. The van der Waals surface area contributed by atoms with Crippen molar-refractivity contribution in [2.75, 3.05) is 0 Å². The van der Waals surface area contributed by atoms with Crippen LogP contribution in [0.4, 0.5) is 5.69 Å². The third-order valence-corrected chi connectivity index (χ3v) is 3.28. The zero-order chi connectivity index (χ0) is 13.1. The van der Waals surface area contributed by atoms with Crippen LogP contribution in [0.1, 0.15) is 41.6 Å². The zero-order valence-electron chi connectivity index (χ0n) is 10.3. The minimum Gasteiger partial charge on any atom is -0.349 e.